The molecule has 0 bridgehead atoms. The fourth-order valence-corrected chi connectivity index (χ4v) is 4.78. The number of esters is 1. The molecule has 2 aliphatic rings. The van der Waals surface area contributed by atoms with Crippen molar-refractivity contribution in [1.82, 2.24) is 0 Å². The van der Waals surface area contributed by atoms with E-state index in [1.807, 2.05) is 24.3 Å². The number of halogens is 1. The van der Waals surface area contributed by atoms with Crippen LogP contribution >= 0.6 is 0 Å². The minimum absolute atomic E-state index is 0.0103. The normalized spacial score (nSPS) is 27.0. The molecule has 0 amide bonds. The van der Waals surface area contributed by atoms with E-state index >= 15 is 0 Å². The molecule has 2 aliphatic carbocycles. The van der Waals surface area contributed by atoms with E-state index in [2.05, 4.69) is 6.07 Å². The summed E-state index contributed by atoms with van der Waals surface area (Å²) in [6.07, 6.45) is 10.2. The first-order valence-electron chi connectivity index (χ1n) is 11.1. The minimum Gasteiger partial charge on any atom is -0.462 e. The van der Waals surface area contributed by atoms with Crippen LogP contribution in [0, 0.1) is 34.5 Å². The van der Waals surface area contributed by atoms with Gasteiger partial charge in [0.2, 0.25) is 0 Å². The summed E-state index contributed by atoms with van der Waals surface area (Å²) in [4.78, 5) is 12.6. The Bertz CT molecular complexity index is 818. The summed E-state index contributed by atoms with van der Waals surface area (Å²) >= 11 is 0. The molecule has 2 fully saturated rings. The Labute approximate surface area is 178 Å². The summed E-state index contributed by atoms with van der Waals surface area (Å²) in [5.41, 5.74) is 1.95. The number of allylic oxidation sites excluding steroid dienone is 2. The van der Waals surface area contributed by atoms with Gasteiger partial charge in [-0.25, -0.2) is 0 Å². The number of benzene rings is 1. The second kappa shape index (κ2) is 10.9. The first-order chi connectivity index (χ1) is 14.6. The van der Waals surface area contributed by atoms with E-state index in [9.17, 15) is 9.18 Å². The van der Waals surface area contributed by atoms with Gasteiger partial charge in [0.05, 0.1) is 17.6 Å². The van der Waals surface area contributed by atoms with Gasteiger partial charge in [-0.3, -0.25) is 4.79 Å². The molecule has 4 nitrogen and oxygen atoms in total. The van der Waals surface area contributed by atoms with E-state index in [-0.39, 0.29) is 18.0 Å². The molecule has 2 saturated carbocycles. The lowest BCUT2D eigenvalue weighted by Crippen LogP contribution is -2.29. The Morgan fingerprint density at radius 1 is 1.03 bits per heavy atom. The van der Waals surface area contributed by atoms with E-state index in [4.69, 9.17) is 15.3 Å². The van der Waals surface area contributed by atoms with Gasteiger partial charge in [-0.15, -0.1) is 0 Å². The number of hydrogen-bond acceptors (Lipinski definition) is 4. The highest BCUT2D eigenvalue weighted by Gasteiger charge is 2.30. The molecule has 1 aromatic rings. The van der Waals surface area contributed by atoms with Crippen molar-refractivity contribution in [1.29, 1.82) is 10.5 Å². The van der Waals surface area contributed by atoms with Gasteiger partial charge in [0.25, 0.3) is 0 Å². The number of carbonyl (C=O) groups excluding carboxylic acids is 1. The largest absolute Gasteiger partial charge is 0.462 e. The average Bonchev–Trinajstić information content (AvgIpc) is 2.80. The molecular weight excluding hydrogens is 379 g/mol. The standard InChI is InChI=1S/C25H29FN2O2/c26-23(17-28)3-1-2-18-4-10-22(11-5-18)25(29)30-24-14-12-21(13-15-24)20-8-6-19(16-27)7-9-20/h3,6-9,18,21-22,24H,1-2,4-5,10-15H2/t18-,21-,22-,24-. The Morgan fingerprint density at radius 2 is 1.70 bits per heavy atom. The number of nitrogens with zero attached hydrogens (tertiary/aromatic N) is 2. The molecule has 0 unspecified atom stereocenters. The molecule has 0 heterocycles. The van der Waals surface area contributed by atoms with Crippen LogP contribution in [0.4, 0.5) is 4.39 Å². The summed E-state index contributed by atoms with van der Waals surface area (Å²) in [6.45, 7) is 0. The van der Waals surface area contributed by atoms with Gasteiger partial charge in [-0.05, 0) is 99.8 Å². The lowest BCUT2D eigenvalue weighted by atomic mass is 9.79. The number of rotatable bonds is 6. The number of carbonyl (C=O) groups is 1. The van der Waals surface area contributed by atoms with E-state index in [1.165, 1.54) is 17.7 Å². The number of hydrogen-bond donors (Lipinski definition) is 0. The molecule has 5 heteroatoms. The van der Waals surface area contributed by atoms with Crippen LogP contribution in [0.25, 0.3) is 0 Å². The van der Waals surface area contributed by atoms with Crippen molar-refractivity contribution in [3.63, 3.8) is 0 Å². The van der Waals surface area contributed by atoms with E-state index < -0.39 is 5.83 Å². The zero-order valence-corrected chi connectivity index (χ0v) is 17.4. The maximum Gasteiger partial charge on any atom is 0.309 e. The van der Waals surface area contributed by atoms with Crippen molar-refractivity contribution in [3.8, 4) is 12.1 Å². The third-order valence-corrected chi connectivity index (χ3v) is 6.65. The van der Waals surface area contributed by atoms with Gasteiger partial charge in [0.1, 0.15) is 12.2 Å². The van der Waals surface area contributed by atoms with Crippen molar-refractivity contribution >= 4 is 5.97 Å². The number of nitriles is 2. The molecule has 158 valence electrons. The van der Waals surface area contributed by atoms with Gasteiger partial charge in [-0.1, -0.05) is 12.1 Å². The fraction of sp³-hybridized carbons (Fsp3) is 0.560. The monoisotopic (exact) mass is 408 g/mol. The Kier molecular flexibility index (Phi) is 8.03. The summed E-state index contributed by atoms with van der Waals surface area (Å²) in [5, 5.41) is 17.4. The summed E-state index contributed by atoms with van der Waals surface area (Å²) in [7, 11) is 0. The highest BCUT2D eigenvalue weighted by molar-refractivity contribution is 5.72. The molecule has 0 N–H and O–H groups in total. The van der Waals surface area contributed by atoms with Crippen LogP contribution in [0.2, 0.25) is 0 Å². The maximum atomic E-state index is 12.9. The molecule has 0 aromatic heterocycles. The van der Waals surface area contributed by atoms with Crippen LogP contribution < -0.4 is 0 Å². The van der Waals surface area contributed by atoms with Crippen LogP contribution in [-0.2, 0) is 9.53 Å². The highest BCUT2D eigenvalue weighted by atomic mass is 19.1. The zero-order chi connectivity index (χ0) is 21.3. The van der Waals surface area contributed by atoms with Crippen LogP contribution in [0.1, 0.15) is 81.3 Å². The molecule has 0 atom stereocenters. The lowest BCUT2D eigenvalue weighted by Gasteiger charge is -2.31. The molecular formula is C25H29FN2O2. The van der Waals surface area contributed by atoms with Crippen LogP contribution in [0.5, 0.6) is 0 Å². The smallest absolute Gasteiger partial charge is 0.309 e. The van der Waals surface area contributed by atoms with Crippen LogP contribution in [0.15, 0.2) is 36.2 Å². The molecule has 0 spiro atoms. The summed E-state index contributed by atoms with van der Waals surface area (Å²) < 4.78 is 18.7. The summed E-state index contributed by atoms with van der Waals surface area (Å²) in [6, 6.07) is 11.5. The molecule has 3 rings (SSSR count). The SMILES string of the molecule is N#CC(F)=CCC[C@H]1CC[C@H](C(=O)O[C@H]2CC[C@H](c3ccc(C#N)cc3)CC2)CC1. The first-order valence-corrected chi connectivity index (χ1v) is 11.1. The average molecular weight is 409 g/mol. The third-order valence-electron chi connectivity index (χ3n) is 6.65. The van der Waals surface area contributed by atoms with Crippen molar-refractivity contribution < 1.29 is 13.9 Å². The predicted molar refractivity (Wildman–Crippen MR) is 112 cm³/mol. The molecule has 1 aromatic carbocycles. The predicted octanol–water partition coefficient (Wildman–Crippen LogP) is 6.09. The van der Waals surface area contributed by atoms with Crippen molar-refractivity contribution in [2.75, 3.05) is 0 Å². The minimum atomic E-state index is -0.707. The van der Waals surface area contributed by atoms with Gasteiger partial charge >= 0.3 is 5.97 Å². The third kappa shape index (κ3) is 6.17. The van der Waals surface area contributed by atoms with Gasteiger partial charge < -0.3 is 4.74 Å². The highest BCUT2D eigenvalue weighted by Crippen LogP contribution is 2.36. The van der Waals surface area contributed by atoms with E-state index in [1.54, 1.807) is 0 Å². The zero-order valence-electron chi connectivity index (χ0n) is 17.4. The second-order valence-corrected chi connectivity index (χ2v) is 8.60. The van der Waals surface area contributed by atoms with Crippen molar-refractivity contribution in [2.24, 2.45) is 11.8 Å². The van der Waals surface area contributed by atoms with Crippen molar-refractivity contribution in [3.05, 3.63) is 47.3 Å². The molecule has 0 saturated heterocycles. The number of ether oxygens (including phenoxy) is 1. The summed E-state index contributed by atoms with van der Waals surface area (Å²) in [5.74, 6) is 0.207. The lowest BCUT2D eigenvalue weighted by molar-refractivity contribution is -0.157. The van der Waals surface area contributed by atoms with Gasteiger partial charge in [0.15, 0.2) is 5.83 Å². The van der Waals surface area contributed by atoms with E-state index in [0.717, 1.165) is 57.8 Å². The molecule has 0 aliphatic heterocycles. The van der Waals surface area contributed by atoms with Crippen molar-refractivity contribution in [2.45, 2.75) is 76.2 Å². The topological polar surface area (TPSA) is 73.9 Å². The Hall–Kier alpha value is -2.66. The molecule has 30 heavy (non-hydrogen) atoms. The fourth-order valence-electron chi connectivity index (χ4n) is 4.78. The van der Waals surface area contributed by atoms with Gasteiger partial charge in [-0.2, -0.15) is 14.9 Å². The first kappa shape index (κ1) is 22.0. The second-order valence-electron chi connectivity index (χ2n) is 8.60. The van der Waals surface area contributed by atoms with Crippen LogP contribution in [-0.4, -0.2) is 12.1 Å². The van der Waals surface area contributed by atoms with E-state index in [0.29, 0.717) is 23.8 Å². The maximum absolute atomic E-state index is 12.9. The molecule has 0 radical (unpaired) electrons. The van der Waals surface area contributed by atoms with Gasteiger partial charge in [0, 0.05) is 0 Å². The Morgan fingerprint density at radius 3 is 2.30 bits per heavy atom. The Balaban J connectivity index is 1.37. The van der Waals surface area contributed by atoms with Crippen LogP contribution in [0.3, 0.4) is 0 Å². The quantitative estimate of drug-likeness (QED) is 0.421.